The van der Waals surface area contributed by atoms with Crippen LogP contribution in [0.5, 0.6) is 11.5 Å². The molecule has 0 aliphatic carbocycles. The highest BCUT2D eigenvalue weighted by atomic mass is 35.5. The van der Waals surface area contributed by atoms with Crippen LogP contribution in [0.2, 0.25) is 15.1 Å². The number of anilines is 1. The van der Waals surface area contributed by atoms with Gasteiger partial charge in [0.2, 0.25) is 0 Å². The number of nitrogens with one attached hydrogen (secondary N) is 1. The van der Waals surface area contributed by atoms with Crippen LogP contribution in [0, 0.1) is 0 Å². The molecule has 1 amide bonds. The first-order valence-electron chi connectivity index (χ1n) is 7.92. The maximum Gasteiger partial charge on any atom is 0.331 e. The first kappa shape index (κ1) is 21.9. The van der Waals surface area contributed by atoms with E-state index in [4.69, 9.17) is 44.3 Å². The summed E-state index contributed by atoms with van der Waals surface area (Å²) in [6.07, 6.45) is 1.53. The van der Waals surface area contributed by atoms with Crippen LogP contribution in [0.4, 0.5) is 5.69 Å². The molecule has 2 rings (SSSR count). The smallest absolute Gasteiger partial charge is 0.331 e. The zero-order valence-electron chi connectivity index (χ0n) is 14.8. The molecule has 0 aliphatic rings. The van der Waals surface area contributed by atoms with Gasteiger partial charge in [-0.3, -0.25) is 4.79 Å². The van der Waals surface area contributed by atoms with E-state index in [2.05, 4.69) is 5.32 Å². The maximum absolute atomic E-state index is 12.2. The van der Waals surface area contributed by atoms with Gasteiger partial charge in [0, 0.05) is 6.08 Å². The summed E-state index contributed by atoms with van der Waals surface area (Å²) >= 11 is 17.7. The SMILES string of the molecule is COc1cc(/C=C/C(=O)O[C@H](C)C(=O)Nc2cc(Cl)c(Cl)cc2Cl)ccc1O. The molecule has 2 aromatic carbocycles. The highest BCUT2D eigenvalue weighted by Crippen LogP contribution is 2.32. The molecule has 2 aromatic rings. The van der Waals surface area contributed by atoms with Crippen molar-refractivity contribution in [1.82, 2.24) is 0 Å². The minimum atomic E-state index is -1.09. The number of phenolic OH excluding ortho intramolecular Hbond substituents is 1. The van der Waals surface area contributed by atoms with Crippen LogP contribution in [0.15, 0.2) is 36.4 Å². The minimum absolute atomic E-state index is 0.0199. The predicted molar refractivity (Wildman–Crippen MR) is 109 cm³/mol. The van der Waals surface area contributed by atoms with Crippen molar-refractivity contribution < 1.29 is 24.2 Å². The van der Waals surface area contributed by atoms with Crippen LogP contribution in [0.1, 0.15) is 12.5 Å². The number of amides is 1. The lowest BCUT2D eigenvalue weighted by molar-refractivity contribution is -0.148. The molecule has 0 radical (unpaired) electrons. The van der Waals surface area contributed by atoms with Crippen molar-refractivity contribution in [2.45, 2.75) is 13.0 Å². The third kappa shape index (κ3) is 5.79. The average Bonchev–Trinajstić information content (AvgIpc) is 2.65. The molecule has 0 unspecified atom stereocenters. The topological polar surface area (TPSA) is 84.9 Å². The molecule has 28 heavy (non-hydrogen) atoms. The zero-order valence-corrected chi connectivity index (χ0v) is 17.1. The summed E-state index contributed by atoms with van der Waals surface area (Å²) in [5, 5.41) is 12.7. The number of hydrogen-bond donors (Lipinski definition) is 2. The van der Waals surface area contributed by atoms with Crippen LogP contribution in [0.3, 0.4) is 0 Å². The fraction of sp³-hybridized carbons (Fsp3) is 0.158. The highest BCUT2D eigenvalue weighted by molar-refractivity contribution is 6.44. The monoisotopic (exact) mass is 443 g/mol. The van der Waals surface area contributed by atoms with Gasteiger partial charge in [0.1, 0.15) is 0 Å². The molecule has 0 heterocycles. The van der Waals surface area contributed by atoms with Crippen molar-refractivity contribution in [3.63, 3.8) is 0 Å². The molecular formula is C19H16Cl3NO5. The summed E-state index contributed by atoms with van der Waals surface area (Å²) < 4.78 is 10.0. The molecule has 0 aliphatic heterocycles. The van der Waals surface area contributed by atoms with Gasteiger partial charge < -0.3 is 19.9 Å². The largest absolute Gasteiger partial charge is 0.504 e. The number of carbonyl (C=O) groups excluding carboxylic acids is 2. The van der Waals surface area contributed by atoms with Gasteiger partial charge in [0.05, 0.1) is 27.9 Å². The third-order valence-corrected chi connectivity index (χ3v) is 4.58. The minimum Gasteiger partial charge on any atom is -0.504 e. The van der Waals surface area contributed by atoms with E-state index in [-0.39, 0.29) is 32.3 Å². The van der Waals surface area contributed by atoms with E-state index in [0.29, 0.717) is 5.56 Å². The van der Waals surface area contributed by atoms with Crippen LogP contribution in [0.25, 0.3) is 6.08 Å². The van der Waals surface area contributed by atoms with Crippen LogP contribution in [-0.4, -0.2) is 30.2 Å². The van der Waals surface area contributed by atoms with Gasteiger partial charge >= 0.3 is 5.97 Å². The number of aromatic hydroxyl groups is 1. The number of benzene rings is 2. The number of halogens is 3. The van der Waals surface area contributed by atoms with Crippen LogP contribution < -0.4 is 10.1 Å². The Balaban J connectivity index is 1.98. The molecule has 0 saturated carbocycles. The Labute approximate surface area is 176 Å². The highest BCUT2D eigenvalue weighted by Gasteiger charge is 2.18. The molecule has 1 atom stereocenters. The zero-order chi connectivity index (χ0) is 20.8. The van der Waals surface area contributed by atoms with E-state index in [0.717, 1.165) is 6.08 Å². The Hall–Kier alpha value is -2.41. The van der Waals surface area contributed by atoms with Gasteiger partial charge in [-0.05, 0) is 42.8 Å². The second kappa shape index (κ2) is 9.68. The Morgan fingerprint density at radius 3 is 2.46 bits per heavy atom. The molecule has 2 N–H and O–H groups in total. The number of hydrogen-bond acceptors (Lipinski definition) is 5. The normalized spacial score (nSPS) is 11.9. The van der Waals surface area contributed by atoms with Crippen molar-refractivity contribution >= 4 is 58.4 Å². The fourth-order valence-electron chi connectivity index (χ4n) is 2.08. The molecule has 0 spiro atoms. The number of rotatable bonds is 6. The molecular weight excluding hydrogens is 429 g/mol. The van der Waals surface area contributed by atoms with E-state index in [1.54, 1.807) is 12.1 Å². The van der Waals surface area contributed by atoms with Gasteiger partial charge in [-0.1, -0.05) is 40.9 Å². The van der Waals surface area contributed by atoms with Gasteiger partial charge in [-0.2, -0.15) is 0 Å². The van der Waals surface area contributed by atoms with Gasteiger partial charge in [0.25, 0.3) is 5.91 Å². The summed E-state index contributed by atoms with van der Waals surface area (Å²) in [5.41, 5.74) is 0.849. The van der Waals surface area contributed by atoms with Crippen molar-refractivity contribution in [3.05, 3.63) is 57.0 Å². The Morgan fingerprint density at radius 1 is 1.11 bits per heavy atom. The lowest BCUT2D eigenvalue weighted by atomic mass is 10.2. The lowest BCUT2D eigenvalue weighted by Crippen LogP contribution is -2.29. The van der Waals surface area contributed by atoms with E-state index in [1.165, 1.54) is 38.3 Å². The third-order valence-electron chi connectivity index (χ3n) is 3.55. The molecule has 0 bridgehead atoms. The standard InChI is InChI=1S/C19H16Cl3NO5/c1-10(19(26)23-15-9-13(21)12(20)8-14(15)22)28-18(25)6-4-11-3-5-16(24)17(7-11)27-2/h3-10,24H,1-2H3,(H,23,26)/b6-4+/t10-/m1/s1. The lowest BCUT2D eigenvalue weighted by Gasteiger charge is -2.14. The van der Waals surface area contributed by atoms with E-state index >= 15 is 0 Å². The second-order valence-corrected chi connectivity index (χ2v) is 6.80. The Morgan fingerprint density at radius 2 is 1.79 bits per heavy atom. The summed E-state index contributed by atoms with van der Waals surface area (Å²) in [6, 6.07) is 7.36. The van der Waals surface area contributed by atoms with Gasteiger partial charge in [-0.25, -0.2) is 4.79 Å². The molecule has 0 fully saturated rings. The Bertz CT molecular complexity index is 930. The van der Waals surface area contributed by atoms with Crippen molar-refractivity contribution in [2.24, 2.45) is 0 Å². The van der Waals surface area contributed by atoms with E-state index in [1.807, 2.05) is 0 Å². The van der Waals surface area contributed by atoms with Crippen molar-refractivity contribution in [1.29, 1.82) is 0 Å². The van der Waals surface area contributed by atoms with E-state index in [9.17, 15) is 14.7 Å². The van der Waals surface area contributed by atoms with Gasteiger partial charge in [0.15, 0.2) is 17.6 Å². The van der Waals surface area contributed by atoms with Crippen LogP contribution >= 0.6 is 34.8 Å². The Kier molecular flexibility index (Phi) is 7.57. The number of esters is 1. The summed E-state index contributed by atoms with van der Waals surface area (Å²) in [5.74, 6) is -1.07. The van der Waals surface area contributed by atoms with Gasteiger partial charge in [-0.15, -0.1) is 0 Å². The second-order valence-electron chi connectivity index (χ2n) is 5.58. The predicted octanol–water partition coefficient (Wildman–Crippen LogP) is 4.94. The fourth-order valence-corrected chi connectivity index (χ4v) is 2.68. The molecule has 9 heteroatoms. The summed E-state index contributed by atoms with van der Waals surface area (Å²) in [6.45, 7) is 1.41. The average molecular weight is 445 g/mol. The quantitative estimate of drug-likeness (QED) is 0.374. The van der Waals surface area contributed by atoms with Crippen molar-refractivity contribution in [2.75, 3.05) is 12.4 Å². The number of ether oxygens (including phenoxy) is 2. The molecule has 0 saturated heterocycles. The number of carbonyl (C=O) groups is 2. The van der Waals surface area contributed by atoms with Crippen LogP contribution in [-0.2, 0) is 14.3 Å². The maximum atomic E-state index is 12.2. The first-order valence-corrected chi connectivity index (χ1v) is 9.05. The van der Waals surface area contributed by atoms with Crippen molar-refractivity contribution in [3.8, 4) is 11.5 Å². The molecule has 0 aromatic heterocycles. The molecule has 148 valence electrons. The summed E-state index contributed by atoms with van der Waals surface area (Å²) in [7, 11) is 1.41. The number of methoxy groups -OCH3 is 1. The molecule has 6 nitrogen and oxygen atoms in total. The number of phenols is 1. The first-order chi connectivity index (χ1) is 13.2. The van der Waals surface area contributed by atoms with E-state index < -0.39 is 18.0 Å². The summed E-state index contributed by atoms with van der Waals surface area (Å²) in [4.78, 5) is 24.1.